The molecular formula is C9H12O2S2. The van der Waals surface area contributed by atoms with Crippen LogP contribution in [0.25, 0.3) is 0 Å². The van der Waals surface area contributed by atoms with Crippen LogP contribution in [0.5, 0.6) is 0 Å². The summed E-state index contributed by atoms with van der Waals surface area (Å²) < 4.78 is 4.63. The second-order valence-corrected chi connectivity index (χ2v) is 4.87. The average Bonchev–Trinajstić information content (AvgIpc) is 2.64. The molecule has 72 valence electrons. The van der Waals surface area contributed by atoms with Crippen molar-refractivity contribution in [3.05, 3.63) is 21.9 Å². The topological polar surface area (TPSA) is 26.3 Å². The molecule has 1 rings (SSSR count). The Morgan fingerprint density at radius 3 is 2.85 bits per heavy atom. The van der Waals surface area contributed by atoms with Crippen molar-refractivity contribution in [3.8, 4) is 0 Å². The number of hydrogen-bond acceptors (Lipinski definition) is 4. The quantitative estimate of drug-likeness (QED) is 0.727. The molecule has 0 saturated carbocycles. The second-order valence-electron chi connectivity index (χ2n) is 2.57. The number of carbonyl (C=O) groups excluding carboxylic acids is 1. The molecule has 1 atom stereocenters. The summed E-state index contributed by atoms with van der Waals surface area (Å²) in [5.41, 5.74) is 0. The van der Waals surface area contributed by atoms with Gasteiger partial charge in [0.05, 0.1) is 7.11 Å². The molecule has 0 radical (unpaired) electrons. The molecule has 0 fully saturated rings. The lowest BCUT2D eigenvalue weighted by Crippen LogP contribution is -1.96. The molecule has 1 heterocycles. The number of ether oxygens (including phenoxy) is 1. The van der Waals surface area contributed by atoms with E-state index in [4.69, 9.17) is 0 Å². The number of methoxy groups -OCH3 is 1. The van der Waals surface area contributed by atoms with Gasteiger partial charge in [0.1, 0.15) is 4.88 Å². The Labute approximate surface area is 86.3 Å². The summed E-state index contributed by atoms with van der Waals surface area (Å²) in [6.07, 6.45) is 2.06. The van der Waals surface area contributed by atoms with Gasteiger partial charge in [0.2, 0.25) is 0 Å². The van der Waals surface area contributed by atoms with Crippen LogP contribution in [-0.2, 0) is 4.74 Å². The maximum absolute atomic E-state index is 11.1. The predicted octanol–water partition coefficient (Wildman–Crippen LogP) is 2.96. The smallest absolute Gasteiger partial charge is 0.348 e. The average molecular weight is 216 g/mol. The number of esters is 1. The molecule has 2 nitrogen and oxygen atoms in total. The molecule has 1 aromatic rings. The summed E-state index contributed by atoms with van der Waals surface area (Å²) in [5, 5.41) is 0.448. The molecule has 13 heavy (non-hydrogen) atoms. The Hall–Kier alpha value is -0.480. The maximum Gasteiger partial charge on any atom is 0.348 e. The number of thiophene rings is 1. The summed E-state index contributed by atoms with van der Waals surface area (Å²) >= 11 is 3.27. The highest BCUT2D eigenvalue weighted by atomic mass is 32.2. The Balaban J connectivity index is 2.80. The van der Waals surface area contributed by atoms with Crippen molar-refractivity contribution < 1.29 is 9.53 Å². The second kappa shape index (κ2) is 4.67. The first-order valence-corrected chi connectivity index (χ1v) is 6.00. The van der Waals surface area contributed by atoms with Gasteiger partial charge in [0.25, 0.3) is 0 Å². The van der Waals surface area contributed by atoms with Crippen LogP contribution in [0.15, 0.2) is 12.1 Å². The monoisotopic (exact) mass is 216 g/mol. The van der Waals surface area contributed by atoms with Gasteiger partial charge in [-0.2, -0.15) is 11.8 Å². The van der Waals surface area contributed by atoms with Crippen molar-refractivity contribution in [3.63, 3.8) is 0 Å². The van der Waals surface area contributed by atoms with Crippen LogP contribution in [0, 0.1) is 0 Å². The van der Waals surface area contributed by atoms with Gasteiger partial charge < -0.3 is 4.74 Å². The van der Waals surface area contributed by atoms with E-state index in [-0.39, 0.29) is 5.97 Å². The summed E-state index contributed by atoms with van der Waals surface area (Å²) in [6, 6.07) is 3.80. The van der Waals surface area contributed by atoms with E-state index in [1.165, 1.54) is 23.3 Å². The molecule has 1 unspecified atom stereocenters. The molecule has 0 N–H and O–H groups in total. The van der Waals surface area contributed by atoms with Crippen molar-refractivity contribution in [1.82, 2.24) is 0 Å². The Bertz CT molecular complexity index is 294. The molecular weight excluding hydrogens is 204 g/mol. The highest BCUT2D eigenvalue weighted by Crippen LogP contribution is 2.31. The number of thioether (sulfide) groups is 1. The van der Waals surface area contributed by atoms with Gasteiger partial charge >= 0.3 is 5.97 Å². The van der Waals surface area contributed by atoms with E-state index in [0.717, 1.165) is 0 Å². The van der Waals surface area contributed by atoms with Crippen LogP contribution in [-0.4, -0.2) is 19.3 Å². The molecule has 4 heteroatoms. The normalized spacial score (nSPS) is 12.5. The zero-order valence-electron chi connectivity index (χ0n) is 7.87. The summed E-state index contributed by atoms with van der Waals surface area (Å²) in [7, 11) is 1.40. The number of hydrogen-bond donors (Lipinski definition) is 0. The first-order chi connectivity index (χ1) is 6.19. The third kappa shape index (κ3) is 2.48. The van der Waals surface area contributed by atoms with Gasteiger partial charge in [-0.25, -0.2) is 4.79 Å². The molecule has 0 spiro atoms. The predicted molar refractivity (Wildman–Crippen MR) is 57.6 cm³/mol. The van der Waals surface area contributed by atoms with Crippen LogP contribution in [0.1, 0.15) is 26.7 Å². The van der Waals surface area contributed by atoms with Gasteiger partial charge in [0, 0.05) is 10.1 Å². The van der Waals surface area contributed by atoms with E-state index in [1.807, 2.05) is 12.1 Å². The van der Waals surface area contributed by atoms with Crippen LogP contribution in [0.3, 0.4) is 0 Å². The van der Waals surface area contributed by atoms with Crippen molar-refractivity contribution in [2.24, 2.45) is 0 Å². The molecule has 1 aromatic heterocycles. The van der Waals surface area contributed by atoms with Gasteiger partial charge in [-0.1, -0.05) is 0 Å². The standard InChI is InChI=1S/C9H12O2S2/c1-6(12-3)7-4-5-8(13-7)9(10)11-2/h4-6H,1-3H3. The fourth-order valence-electron chi connectivity index (χ4n) is 0.898. The van der Waals surface area contributed by atoms with Crippen LogP contribution < -0.4 is 0 Å². The first kappa shape index (κ1) is 10.6. The zero-order valence-corrected chi connectivity index (χ0v) is 9.50. The maximum atomic E-state index is 11.1. The van der Waals surface area contributed by atoms with Crippen molar-refractivity contribution in [1.29, 1.82) is 0 Å². The third-order valence-corrected chi connectivity index (χ3v) is 4.13. The van der Waals surface area contributed by atoms with E-state index in [0.29, 0.717) is 10.1 Å². The van der Waals surface area contributed by atoms with Crippen LogP contribution in [0.2, 0.25) is 0 Å². The highest BCUT2D eigenvalue weighted by Gasteiger charge is 2.12. The van der Waals surface area contributed by atoms with Gasteiger partial charge in [-0.05, 0) is 25.3 Å². The minimum Gasteiger partial charge on any atom is -0.465 e. The minimum absolute atomic E-state index is 0.246. The van der Waals surface area contributed by atoms with Gasteiger partial charge in [-0.3, -0.25) is 0 Å². The molecule has 0 aliphatic rings. The third-order valence-electron chi connectivity index (χ3n) is 1.77. The van der Waals surface area contributed by atoms with Crippen LogP contribution >= 0.6 is 23.1 Å². The van der Waals surface area contributed by atoms with E-state index in [9.17, 15) is 4.79 Å². The van der Waals surface area contributed by atoms with E-state index < -0.39 is 0 Å². The van der Waals surface area contributed by atoms with E-state index in [2.05, 4.69) is 17.9 Å². The SMILES string of the molecule is COC(=O)c1ccc(C(C)SC)s1. The van der Waals surface area contributed by atoms with E-state index >= 15 is 0 Å². The summed E-state index contributed by atoms with van der Waals surface area (Å²) in [6.45, 7) is 2.12. The molecule has 0 bridgehead atoms. The fraction of sp³-hybridized carbons (Fsp3) is 0.444. The van der Waals surface area contributed by atoms with Gasteiger partial charge in [-0.15, -0.1) is 11.3 Å². The lowest BCUT2D eigenvalue weighted by Gasteiger charge is -2.02. The Morgan fingerprint density at radius 1 is 1.62 bits per heavy atom. The fourth-order valence-corrected chi connectivity index (χ4v) is 2.50. The molecule has 0 aliphatic heterocycles. The van der Waals surface area contributed by atoms with Crippen molar-refractivity contribution in [2.45, 2.75) is 12.2 Å². The first-order valence-electron chi connectivity index (χ1n) is 3.90. The number of rotatable bonds is 3. The lowest BCUT2D eigenvalue weighted by atomic mass is 10.3. The molecule has 0 aromatic carbocycles. The molecule has 0 aliphatic carbocycles. The van der Waals surface area contributed by atoms with E-state index in [1.54, 1.807) is 11.8 Å². The van der Waals surface area contributed by atoms with Crippen molar-refractivity contribution >= 4 is 29.1 Å². The Kier molecular flexibility index (Phi) is 3.81. The van der Waals surface area contributed by atoms with Crippen LogP contribution in [0.4, 0.5) is 0 Å². The van der Waals surface area contributed by atoms with Crippen molar-refractivity contribution in [2.75, 3.05) is 13.4 Å². The summed E-state index contributed by atoms with van der Waals surface area (Å²) in [5.74, 6) is -0.246. The van der Waals surface area contributed by atoms with Gasteiger partial charge in [0.15, 0.2) is 0 Å². The minimum atomic E-state index is -0.246. The Morgan fingerprint density at radius 2 is 2.31 bits per heavy atom. The summed E-state index contributed by atoms with van der Waals surface area (Å²) in [4.78, 5) is 13.0. The zero-order chi connectivity index (χ0) is 9.84. The number of carbonyl (C=O) groups is 1. The largest absolute Gasteiger partial charge is 0.465 e. The molecule has 0 amide bonds. The highest BCUT2D eigenvalue weighted by molar-refractivity contribution is 7.98. The lowest BCUT2D eigenvalue weighted by molar-refractivity contribution is 0.0606. The molecule has 0 saturated heterocycles.